The van der Waals surface area contributed by atoms with Crippen molar-refractivity contribution >= 4 is 17.0 Å². The number of carbonyl (C=O) groups is 1. The van der Waals surface area contributed by atoms with Gasteiger partial charge in [0.25, 0.3) is 0 Å². The van der Waals surface area contributed by atoms with Crippen LogP contribution in [0.25, 0.3) is 11.0 Å². The smallest absolute Gasteiger partial charge is 0.333 e. The van der Waals surface area contributed by atoms with E-state index in [1.165, 1.54) is 4.80 Å². The summed E-state index contributed by atoms with van der Waals surface area (Å²) < 4.78 is 0. The molecule has 2 heterocycles. The van der Waals surface area contributed by atoms with E-state index >= 15 is 0 Å². The molecule has 1 fully saturated rings. The summed E-state index contributed by atoms with van der Waals surface area (Å²) in [6, 6.07) is 1.75. The van der Waals surface area contributed by atoms with Gasteiger partial charge in [-0.3, -0.25) is 4.98 Å². The molecule has 0 atom stereocenters. The van der Waals surface area contributed by atoms with Crippen LogP contribution < -0.4 is 0 Å². The fourth-order valence-corrected chi connectivity index (χ4v) is 3.28. The van der Waals surface area contributed by atoms with Gasteiger partial charge in [-0.05, 0) is 24.3 Å². The summed E-state index contributed by atoms with van der Waals surface area (Å²) in [7, 11) is 0. The Morgan fingerprint density at radius 3 is 2.50 bits per heavy atom. The zero-order valence-electron chi connectivity index (χ0n) is 11.7. The molecule has 0 unspecified atom stereocenters. The molecule has 2 aromatic rings. The van der Waals surface area contributed by atoms with Gasteiger partial charge in [0.2, 0.25) is 0 Å². The van der Waals surface area contributed by atoms with Crippen LogP contribution in [0, 0.1) is 5.41 Å². The minimum Gasteiger partial charge on any atom is -0.479 e. The standard InChI is InChI=1S/C14H18N4O2/c1-3-13(4-2)8-14(9-13,12(19)20)18-16-10-5-6-15-7-11(10)17-18/h5-7H,3-4,8-9H2,1-2H3,(H,19,20). The SMILES string of the molecule is CCC1(CC)CC(C(=O)O)(n2nc3ccncc3n2)C1. The summed E-state index contributed by atoms with van der Waals surface area (Å²) in [5.41, 5.74) is 0.436. The molecule has 1 saturated carbocycles. The van der Waals surface area contributed by atoms with Crippen LogP contribution in [0.1, 0.15) is 39.5 Å². The molecule has 0 radical (unpaired) electrons. The molecule has 0 spiro atoms. The summed E-state index contributed by atoms with van der Waals surface area (Å²) >= 11 is 0. The molecule has 106 valence electrons. The fraction of sp³-hybridized carbons (Fsp3) is 0.571. The zero-order valence-corrected chi connectivity index (χ0v) is 11.7. The highest BCUT2D eigenvalue weighted by atomic mass is 16.4. The largest absolute Gasteiger partial charge is 0.479 e. The van der Waals surface area contributed by atoms with E-state index in [0.29, 0.717) is 23.9 Å². The molecule has 1 N–H and O–H groups in total. The molecule has 1 aliphatic rings. The van der Waals surface area contributed by atoms with Crippen molar-refractivity contribution in [3.63, 3.8) is 0 Å². The third kappa shape index (κ3) is 1.63. The number of rotatable bonds is 4. The molecular formula is C14H18N4O2. The lowest BCUT2D eigenvalue weighted by molar-refractivity contribution is -0.166. The average Bonchev–Trinajstić information content (AvgIpc) is 2.82. The maximum Gasteiger partial charge on any atom is 0.333 e. The molecule has 1 aliphatic carbocycles. The predicted octanol–water partition coefficient (Wildman–Crippen LogP) is 2.21. The molecule has 6 heteroatoms. The maximum absolute atomic E-state index is 11.8. The van der Waals surface area contributed by atoms with Gasteiger partial charge in [-0.25, -0.2) is 4.79 Å². The number of aromatic nitrogens is 4. The summed E-state index contributed by atoms with van der Waals surface area (Å²) in [5, 5.41) is 18.3. The van der Waals surface area contributed by atoms with Crippen LogP contribution in [0.2, 0.25) is 0 Å². The monoisotopic (exact) mass is 274 g/mol. The van der Waals surface area contributed by atoms with E-state index in [4.69, 9.17) is 0 Å². The first kappa shape index (κ1) is 13.0. The Kier molecular flexibility index (Phi) is 2.77. The number of hydrogen-bond acceptors (Lipinski definition) is 4. The van der Waals surface area contributed by atoms with Crippen molar-refractivity contribution in [2.45, 2.75) is 45.1 Å². The van der Waals surface area contributed by atoms with Crippen molar-refractivity contribution in [3.8, 4) is 0 Å². The third-order valence-electron chi connectivity index (χ3n) is 4.80. The lowest BCUT2D eigenvalue weighted by atomic mass is 9.55. The molecule has 0 bridgehead atoms. The average molecular weight is 274 g/mol. The van der Waals surface area contributed by atoms with Crippen LogP contribution >= 0.6 is 0 Å². The van der Waals surface area contributed by atoms with E-state index in [9.17, 15) is 9.90 Å². The van der Waals surface area contributed by atoms with E-state index in [-0.39, 0.29) is 5.41 Å². The summed E-state index contributed by atoms with van der Waals surface area (Å²) in [6.07, 6.45) is 6.41. The number of carboxylic acids is 1. The van der Waals surface area contributed by atoms with E-state index in [0.717, 1.165) is 12.8 Å². The minimum absolute atomic E-state index is 0.108. The van der Waals surface area contributed by atoms with Crippen molar-refractivity contribution in [1.29, 1.82) is 0 Å². The Labute approximate surface area is 116 Å². The maximum atomic E-state index is 11.8. The Morgan fingerprint density at radius 2 is 1.95 bits per heavy atom. The normalized spacial score (nSPS) is 19.7. The topological polar surface area (TPSA) is 80.9 Å². The van der Waals surface area contributed by atoms with E-state index in [1.54, 1.807) is 18.5 Å². The fourth-order valence-electron chi connectivity index (χ4n) is 3.28. The summed E-state index contributed by atoms with van der Waals surface area (Å²) in [6.45, 7) is 4.23. The molecule has 0 saturated heterocycles. The van der Waals surface area contributed by atoms with Gasteiger partial charge in [-0.15, -0.1) is 0 Å². The number of fused-ring (bicyclic) bond motifs is 1. The van der Waals surface area contributed by atoms with Gasteiger partial charge < -0.3 is 5.11 Å². The molecule has 2 aromatic heterocycles. The second-order valence-corrected chi connectivity index (χ2v) is 5.75. The van der Waals surface area contributed by atoms with E-state index in [1.807, 2.05) is 0 Å². The highest BCUT2D eigenvalue weighted by molar-refractivity contribution is 5.79. The van der Waals surface area contributed by atoms with Gasteiger partial charge in [0.1, 0.15) is 11.0 Å². The molecule has 6 nitrogen and oxygen atoms in total. The molecule has 0 aliphatic heterocycles. The lowest BCUT2D eigenvalue weighted by Gasteiger charge is -2.52. The minimum atomic E-state index is -0.995. The van der Waals surface area contributed by atoms with Gasteiger partial charge in [0, 0.05) is 6.20 Å². The lowest BCUT2D eigenvalue weighted by Crippen LogP contribution is -2.58. The van der Waals surface area contributed by atoms with Gasteiger partial charge in [0.05, 0.1) is 6.20 Å². The number of carboxylic acid groups (broad SMARTS) is 1. The van der Waals surface area contributed by atoms with Gasteiger partial charge in [-0.1, -0.05) is 26.7 Å². The van der Waals surface area contributed by atoms with Crippen molar-refractivity contribution < 1.29 is 9.90 Å². The molecule has 20 heavy (non-hydrogen) atoms. The Morgan fingerprint density at radius 1 is 1.30 bits per heavy atom. The van der Waals surface area contributed by atoms with Gasteiger partial charge >= 0.3 is 5.97 Å². The second-order valence-electron chi connectivity index (χ2n) is 5.75. The highest BCUT2D eigenvalue weighted by Gasteiger charge is 2.60. The van der Waals surface area contributed by atoms with Crippen molar-refractivity contribution in [3.05, 3.63) is 18.5 Å². The summed E-state index contributed by atoms with van der Waals surface area (Å²) in [4.78, 5) is 17.2. The molecule has 3 rings (SSSR count). The third-order valence-corrected chi connectivity index (χ3v) is 4.80. The molecular weight excluding hydrogens is 256 g/mol. The quantitative estimate of drug-likeness (QED) is 0.924. The second kappa shape index (κ2) is 4.26. The van der Waals surface area contributed by atoms with Crippen molar-refractivity contribution in [2.24, 2.45) is 5.41 Å². The van der Waals surface area contributed by atoms with Crippen LogP contribution in [0.4, 0.5) is 0 Å². The van der Waals surface area contributed by atoms with E-state index < -0.39 is 11.5 Å². The van der Waals surface area contributed by atoms with Crippen LogP contribution in [0.15, 0.2) is 18.5 Å². The van der Waals surface area contributed by atoms with Gasteiger partial charge in [-0.2, -0.15) is 15.0 Å². The first-order valence-electron chi connectivity index (χ1n) is 6.96. The van der Waals surface area contributed by atoms with Crippen LogP contribution in [0.5, 0.6) is 0 Å². The Hall–Kier alpha value is -1.98. The molecule has 0 amide bonds. The highest BCUT2D eigenvalue weighted by Crippen LogP contribution is 2.56. The van der Waals surface area contributed by atoms with Gasteiger partial charge in [0.15, 0.2) is 5.54 Å². The van der Waals surface area contributed by atoms with Crippen molar-refractivity contribution in [1.82, 2.24) is 20.0 Å². The van der Waals surface area contributed by atoms with Crippen LogP contribution in [-0.2, 0) is 10.3 Å². The van der Waals surface area contributed by atoms with Crippen LogP contribution in [0.3, 0.4) is 0 Å². The number of nitrogens with zero attached hydrogens (tertiary/aromatic N) is 4. The number of hydrogen-bond donors (Lipinski definition) is 1. The first-order valence-corrected chi connectivity index (χ1v) is 6.96. The number of aliphatic carboxylic acids is 1. The van der Waals surface area contributed by atoms with Crippen LogP contribution in [-0.4, -0.2) is 31.1 Å². The zero-order chi connectivity index (χ0) is 14.4. The van der Waals surface area contributed by atoms with E-state index in [2.05, 4.69) is 29.0 Å². The number of pyridine rings is 1. The van der Waals surface area contributed by atoms with Crippen molar-refractivity contribution in [2.75, 3.05) is 0 Å². The summed E-state index contributed by atoms with van der Waals surface area (Å²) in [5.74, 6) is -0.844. The predicted molar refractivity (Wildman–Crippen MR) is 73.2 cm³/mol. The Bertz CT molecular complexity index is 619. The molecule has 0 aromatic carbocycles. The first-order chi connectivity index (χ1) is 9.55. The Balaban J connectivity index is 2.03.